The summed E-state index contributed by atoms with van der Waals surface area (Å²) in [5, 5.41) is 1.28. The number of rotatable bonds is 2. The highest BCUT2D eigenvalue weighted by Crippen LogP contribution is 2.31. The second-order valence-corrected chi connectivity index (χ2v) is 6.58. The molecule has 0 aromatic carbocycles. The van der Waals surface area contributed by atoms with Crippen LogP contribution in [0, 0.1) is 25.7 Å². The highest BCUT2D eigenvalue weighted by atomic mass is 32.1. The number of nitrogens with zero attached hydrogens (tertiary/aromatic N) is 1. The molecule has 0 radical (unpaired) electrons. The van der Waals surface area contributed by atoms with Crippen molar-refractivity contribution in [2.75, 3.05) is 0 Å². The molecule has 1 aliphatic rings. The molecule has 16 heavy (non-hydrogen) atoms. The van der Waals surface area contributed by atoms with Gasteiger partial charge in [-0.05, 0) is 44.9 Å². The molecule has 0 spiro atoms. The molecule has 1 aromatic rings. The van der Waals surface area contributed by atoms with E-state index < -0.39 is 0 Å². The van der Waals surface area contributed by atoms with Crippen molar-refractivity contribution in [3.8, 4) is 0 Å². The number of aromatic nitrogens is 1. The maximum Gasteiger partial charge on any atom is 0.0934 e. The zero-order chi connectivity index (χ0) is 11.7. The maximum atomic E-state index is 6.21. The molecule has 1 saturated carbocycles. The fourth-order valence-corrected chi connectivity index (χ4v) is 3.63. The van der Waals surface area contributed by atoms with Crippen LogP contribution in [-0.4, -0.2) is 11.0 Å². The first kappa shape index (κ1) is 12.1. The first-order chi connectivity index (χ1) is 7.56. The molecule has 1 aromatic heterocycles. The fourth-order valence-electron chi connectivity index (χ4n) is 2.61. The van der Waals surface area contributed by atoms with Crippen LogP contribution in [0.25, 0.3) is 0 Å². The van der Waals surface area contributed by atoms with E-state index in [1.54, 1.807) is 0 Å². The van der Waals surface area contributed by atoms with Crippen molar-refractivity contribution in [1.29, 1.82) is 0 Å². The van der Waals surface area contributed by atoms with E-state index in [-0.39, 0.29) is 0 Å². The Bertz CT molecular complexity index is 339. The highest BCUT2D eigenvalue weighted by molar-refractivity contribution is 7.11. The average Bonchev–Trinajstić information content (AvgIpc) is 2.52. The summed E-state index contributed by atoms with van der Waals surface area (Å²) in [4.78, 5) is 5.98. The molecule has 2 nitrogen and oxygen atoms in total. The van der Waals surface area contributed by atoms with Crippen LogP contribution in [0.2, 0.25) is 0 Å². The molecular formula is C13H22N2S. The lowest BCUT2D eigenvalue weighted by Gasteiger charge is -2.32. The van der Waals surface area contributed by atoms with E-state index in [2.05, 4.69) is 25.8 Å². The fraction of sp³-hybridized carbons (Fsp3) is 0.769. The third-order valence-electron chi connectivity index (χ3n) is 3.81. The van der Waals surface area contributed by atoms with Gasteiger partial charge in [-0.3, -0.25) is 0 Å². The monoisotopic (exact) mass is 238 g/mol. The number of thiazole rings is 1. The van der Waals surface area contributed by atoms with Gasteiger partial charge >= 0.3 is 0 Å². The van der Waals surface area contributed by atoms with Gasteiger partial charge in [-0.25, -0.2) is 4.98 Å². The average molecular weight is 238 g/mol. The Kier molecular flexibility index (Phi) is 3.65. The van der Waals surface area contributed by atoms with Crippen LogP contribution < -0.4 is 5.73 Å². The molecule has 1 aliphatic carbocycles. The molecule has 1 fully saturated rings. The Morgan fingerprint density at radius 3 is 2.75 bits per heavy atom. The predicted octanol–water partition coefficient (Wildman–Crippen LogP) is 3.07. The van der Waals surface area contributed by atoms with Gasteiger partial charge in [-0.1, -0.05) is 6.92 Å². The minimum absolute atomic E-state index is 0.390. The van der Waals surface area contributed by atoms with E-state index in [0.29, 0.717) is 12.0 Å². The third-order valence-corrected chi connectivity index (χ3v) is 4.91. The van der Waals surface area contributed by atoms with E-state index in [4.69, 9.17) is 5.73 Å². The predicted molar refractivity (Wildman–Crippen MR) is 69.8 cm³/mol. The van der Waals surface area contributed by atoms with Crippen LogP contribution in [0.4, 0.5) is 0 Å². The molecule has 0 amide bonds. The molecule has 3 heteroatoms. The molecular weight excluding hydrogens is 216 g/mol. The van der Waals surface area contributed by atoms with Gasteiger partial charge in [0.2, 0.25) is 0 Å². The molecule has 3 unspecified atom stereocenters. The van der Waals surface area contributed by atoms with Crippen molar-refractivity contribution in [2.24, 2.45) is 17.6 Å². The van der Waals surface area contributed by atoms with Crippen LogP contribution in [0.5, 0.6) is 0 Å². The lowest BCUT2D eigenvalue weighted by molar-refractivity contribution is 0.244. The molecule has 2 rings (SSSR count). The SMILES string of the molecule is Cc1nc(CC2CC(C)CCC2N)sc1C. The van der Waals surface area contributed by atoms with Gasteiger partial charge < -0.3 is 5.73 Å². The number of hydrogen-bond acceptors (Lipinski definition) is 3. The van der Waals surface area contributed by atoms with Crippen LogP contribution in [-0.2, 0) is 6.42 Å². The zero-order valence-corrected chi connectivity index (χ0v) is 11.3. The summed E-state index contributed by atoms with van der Waals surface area (Å²) in [6.45, 7) is 6.59. The molecule has 1 heterocycles. The second kappa shape index (κ2) is 4.84. The van der Waals surface area contributed by atoms with Gasteiger partial charge in [0.05, 0.1) is 10.7 Å². The summed E-state index contributed by atoms with van der Waals surface area (Å²) in [6.07, 6.45) is 4.85. The maximum absolute atomic E-state index is 6.21. The minimum Gasteiger partial charge on any atom is -0.327 e. The third kappa shape index (κ3) is 2.64. The van der Waals surface area contributed by atoms with Crippen molar-refractivity contribution in [1.82, 2.24) is 4.98 Å². The quantitative estimate of drug-likeness (QED) is 0.860. The molecule has 0 bridgehead atoms. The van der Waals surface area contributed by atoms with E-state index in [0.717, 1.165) is 12.3 Å². The summed E-state index contributed by atoms with van der Waals surface area (Å²) >= 11 is 1.84. The topological polar surface area (TPSA) is 38.9 Å². The van der Waals surface area contributed by atoms with E-state index >= 15 is 0 Å². The molecule has 2 N–H and O–H groups in total. The number of aryl methyl sites for hydroxylation is 2. The van der Waals surface area contributed by atoms with E-state index in [1.165, 1.54) is 34.8 Å². The first-order valence-corrected chi connectivity index (χ1v) is 7.06. The Morgan fingerprint density at radius 1 is 1.38 bits per heavy atom. The number of hydrogen-bond donors (Lipinski definition) is 1. The van der Waals surface area contributed by atoms with Crippen molar-refractivity contribution in [3.63, 3.8) is 0 Å². The Balaban J connectivity index is 2.02. The van der Waals surface area contributed by atoms with Crippen molar-refractivity contribution >= 4 is 11.3 Å². The summed E-state index contributed by atoms with van der Waals surface area (Å²) < 4.78 is 0. The lowest BCUT2D eigenvalue weighted by Crippen LogP contribution is -2.36. The van der Waals surface area contributed by atoms with Gasteiger partial charge in [0.25, 0.3) is 0 Å². The summed E-state index contributed by atoms with van der Waals surface area (Å²) in [6, 6.07) is 0.390. The zero-order valence-electron chi connectivity index (χ0n) is 10.5. The van der Waals surface area contributed by atoms with Crippen molar-refractivity contribution < 1.29 is 0 Å². The van der Waals surface area contributed by atoms with Crippen LogP contribution >= 0.6 is 11.3 Å². The Morgan fingerprint density at radius 2 is 2.12 bits per heavy atom. The van der Waals surface area contributed by atoms with Gasteiger partial charge in [-0.15, -0.1) is 11.3 Å². The van der Waals surface area contributed by atoms with Crippen LogP contribution in [0.3, 0.4) is 0 Å². The summed E-state index contributed by atoms with van der Waals surface area (Å²) in [7, 11) is 0. The lowest BCUT2D eigenvalue weighted by atomic mass is 9.78. The second-order valence-electron chi connectivity index (χ2n) is 5.30. The molecule has 3 atom stereocenters. The number of nitrogens with two attached hydrogens (primary N) is 1. The van der Waals surface area contributed by atoms with Gasteiger partial charge in [0.1, 0.15) is 0 Å². The molecule has 0 aliphatic heterocycles. The minimum atomic E-state index is 0.390. The molecule has 0 saturated heterocycles. The Labute approximate surface area is 102 Å². The normalized spacial score (nSPS) is 30.6. The molecule has 90 valence electrons. The van der Waals surface area contributed by atoms with Gasteiger partial charge in [0.15, 0.2) is 0 Å². The van der Waals surface area contributed by atoms with Gasteiger partial charge in [-0.2, -0.15) is 0 Å². The largest absolute Gasteiger partial charge is 0.327 e. The van der Waals surface area contributed by atoms with Crippen molar-refractivity contribution in [3.05, 3.63) is 15.6 Å². The van der Waals surface area contributed by atoms with E-state index in [1.807, 2.05) is 11.3 Å². The van der Waals surface area contributed by atoms with E-state index in [9.17, 15) is 0 Å². The van der Waals surface area contributed by atoms with Crippen LogP contribution in [0.15, 0.2) is 0 Å². The summed E-state index contributed by atoms with van der Waals surface area (Å²) in [5.74, 6) is 1.49. The summed E-state index contributed by atoms with van der Waals surface area (Å²) in [5.41, 5.74) is 7.40. The first-order valence-electron chi connectivity index (χ1n) is 6.24. The highest BCUT2D eigenvalue weighted by Gasteiger charge is 2.26. The standard InChI is InChI=1S/C13H22N2S/c1-8-4-5-12(14)11(6-8)7-13-15-9(2)10(3)16-13/h8,11-12H,4-7,14H2,1-3H3. The van der Waals surface area contributed by atoms with Crippen molar-refractivity contribution in [2.45, 2.75) is 52.5 Å². The smallest absolute Gasteiger partial charge is 0.0934 e. The Hall–Kier alpha value is -0.410. The van der Waals surface area contributed by atoms with Gasteiger partial charge in [0, 0.05) is 17.3 Å². The van der Waals surface area contributed by atoms with Crippen LogP contribution in [0.1, 0.15) is 41.8 Å².